The van der Waals surface area contributed by atoms with E-state index >= 15 is 0 Å². The van der Waals surface area contributed by atoms with E-state index in [4.69, 9.17) is 4.74 Å². The number of methoxy groups -OCH3 is 1. The maximum Gasteiger partial charge on any atom is 0.0785 e. The van der Waals surface area contributed by atoms with E-state index in [0.29, 0.717) is 19.1 Å². The first-order chi connectivity index (χ1) is 9.20. The monoisotopic (exact) mass is 279 g/mol. The SMILES string of the molecule is COCC(O)CCNC(C)c1cc2ccccc2s1. The van der Waals surface area contributed by atoms with Crippen LogP contribution in [-0.2, 0) is 4.74 Å². The molecule has 104 valence electrons. The topological polar surface area (TPSA) is 41.5 Å². The van der Waals surface area contributed by atoms with Gasteiger partial charge in [-0.25, -0.2) is 0 Å². The highest BCUT2D eigenvalue weighted by Gasteiger charge is 2.10. The first kappa shape index (κ1) is 14.5. The lowest BCUT2D eigenvalue weighted by atomic mass is 10.2. The molecule has 0 fully saturated rings. The molecule has 0 saturated heterocycles. The standard InChI is InChI=1S/C15H21NO2S/c1-11(16-8-7-13(17)10-18-2)15-9-12-5-3-4-6-14(12)19-15/h3-6,9,11,13,16-17H,7-8,10H2,1-2H3. The van der Waals surface area contributed by atoms with Gasteiger partial charge in [-0.15, -0.1) is 11.3 Å². The van der Waals surface area contributed by atoms with Gasteiger partial charge < -0.3 is 15.2 Å². The minimum atomic E-state index is -0.382. The average Bonchev–Trinajstić information content (AvgIpc) is 2.82. The molecule has 4 heteroatoms. The first-order valence-electron chi connectivity index (χ1n) is 6.59. The molecule has 3 nitrogen and oxygen atoms in total. The van der Waals surface area contributed by atoms with E-state index in [1.807, 2.05) is 11.3 Å². The molecule has 1 aromatic carbocycles. The summed E-state index contributed by atoms with van der Waals surface area (Å²) in [5.74, 6) is 0. The Morgan fingerprint density at radius 1 is 1.37 bits per heavy atom. The summed E-state index contributed by atoms with van der Waals surface area (Å²) >= 11 is 1.82. The van der Waals surface area contributed by atoms with E-state index in [-0.39, 0.29) is 6.10 Å². The van der Waals surface area contributed by atoms with Crippen molar-refractivity contribution in [3.8, 4) is 0 Å². The zero-order valence-corrected chi connectivity index (χ0v) is 12.2. The van der Waals surface area contributed by atoms with Crippen LogP contribution in [0.25, 0.3) is 10.1 Å². The molecule has 19 heavy (non-hydrogen) atoms. The maximum absolute atomic E-state index is 9.58. The number of nitrogens with one attached hydrogen (secondary N) is 1. The van der Waals surface area contributed by atoms with E-state index in [2.05, 4.69) is 42.6 Å². The highest BCUT2D eigenvalue weighted by molar-refractivity contribution is 7.19. The number of aliphatic hydroxyl groups excluding tert-OH is 1. The Kier molecular flexibility index (Phi) is 5.34. The van der Waals surface area contributed by atoms with Crippen molar-refractivity contribution in [1.29, 1.82) is 0 Å². The van der Waals surface area contributed by atoms with Gasteiger partial charge in [0.25, 0.3) is 0 Å². The lowest BCUT2D eigenvalue weighted by Crippen LogP contribution is -2.25. The van der Waals surface area contributed by atoms with Gasteiger partial charge in [-0.05, 0) is 37.4 Å². The van der Waals surface area contributed by atoms with Crippen molar-refractivity contribution in [2.75, 3.05) is 20.3 Å². The highest BCUT2D eigenvalue weighted by Crippen LogP contribution is 2.29. The Balaban J connectivity index is 1.87. The van der Waals surface area contributed by atoms with Crippen LogP contribution in [0.15, 0.2) is 30.3 Å². The van der Waals surface area contributed by atoms with Crippen molar-refractivity contribution in [1.82, 2.24) is 5.32 Å². The van der Waals surface area contributed by atoms with Crippen LogP contribution in [0.5, 0.6) is 0 Å². The van der Waals surface area contributed by atoms with Crippen LogP contribution >= 0.6 is 11.3 Å². The molecule has 1 aromatic heterocycles. The fourth-order valence-corrected chi connectivity index (χ4v) is 3.15. The number of benzene rings is 1. The van der Waals surface area contributed by atoms with Crippen LogP contribution in [-0.4, -0.2) is 31.5 Å². The molecule has 0 aliphatic carbocycles. The number of ether oxygens (including phenoxy) is 1. The fraction of sp³-hybridized carbons (Fsp3) is 0.467. The van der Waals surface area contributed by atoms with Crippen molar-refractivity contribution in [3.05, 3.63) is 35.2 Å². The third kappa shape index (κ3) is 4.01. The summed E-state index contributed by atoms with van der Waals surface area (Å²) in [6, 6.07) is 11.0. The van der Waals surface area contributed by atoms with Gasteiger partial charge in [0.15, 0.2) is 0 Å². The van der Waals surface area contributed by atoms with Gasteiger partial charge >= 0.3 is 0 Å². The molecular formula is C15H21NO2S. The second kappa shape index (κ2) is 7.01. The largest absolute Gasteiger partial charge is 0.391 e. The molecule has 0 radical (unpaired) electrons. The van der Waals surface area contributed by atoms with Gasteiger partial charge in [0.1, 0.15) is 0 Å². The third-order valence-electron chi connectivity index (χ3n) is 3.16. The normalized spacial score (nSPS) is 14.7. The van der Waals surface area contributed by atoms with Crippen molar-refractivity contribution >= 4 is 21.4 Å². The average molecular weight is 279 g/mol. The zero-order chi connectivity index (χ0) is 13.7. The maximum atomic E-state index is 9.58. The lowest BCUT2D eigenvalue weighted by molar-refractivity contribution is 0.0591. The van der Waals surface area contributed by atoms with E-state index in [1.165, 1.54) is 15.0 Å². The Hall–Kier alpha value is -0.940. The minimum Gasteiger partial charge on any atom is -0.391 e. The molecular weight excluding hydrogens is 258 g/mol. The van der Waals surface area contributed by atoms with Crippen LogP contribution in [0, 0.1) is 0 Å². The highest BCUT2D eigenvalue weighted by atomic mass is 32.1. The molecule has 1 heterocycles. The molecule has 0 amide bonds. The predicted molar refractivity (Wildman–Crippen MR) is 80.7 cm³/mol. The first-order valence-corrected chi connectivity index (χ1v) is 7.41. The van der Waals surface area contributed by atoms with Gasteiger partial charge in [-0.3, -0.25) is 0 Å². The lowest BCUT2D eigenvalue weighted by Gasteiger charge is -2.14. The Morgan fingerprint density at radius 2 is 2.16 bits per heavy atom. The molecule has 2 N–H and O–H groups in total. The minimum absolute atomic E-state index is 0.312. The molecule has 0 spiro atoms. The van der Waals surface area contributed by atoms with Gasteiger partial charge in [0.2, 0.25) is 0 Å². The van der Waals surface area contributed by atoms with E-state index < -0.39 is 0 Å². The van der Waals surface area contributed by atoms with Crippen LogP contribution in [0.4, 0.5) is 0 Å². The predicted octanol–water partition coefficient (Wildman–Crippen LogP) is 2.95. The number of hydrogen-bond acceptors (Lipinski definition) is 4. The van der Waals surface area contributed by atoms with E-state index in [1.54, 1.807) is 7.11 Å². The van der Waals surface area contributed by atoms with Crippen molar-refractivity contribution in [2.24, 2.45) is 0 Å². The molecule has 2 rings (SSSR count). The Bertz CT molecular complexity index is 479. The molecule has 2 aromatic rings. The molecule has 2 unspecified atom stereocenters. The fourth-order valence-electron chi connectivity index (χ4n) is 2.06. The van der Waals surface area contributed by atoms with Crippen molar-refractivity contribution < 1.29 is 9.84 Å². The van der Waals surface area contributed by atoms with Gasteiger partial charge in [-0.2, -0.15) is 0 Å². The number of rotatable bonds is 7. The summed E-state index contributed by atoms with van der Waals surface area (Å²) < 4.78 is 6.23. The summed E-state index contributed by atoms with van der Waals surface area (Å²) in [6.07, 6.45) is 0.329. The zero-order valence-electron chi connectivity index (χ0n) is 11.4. The van der Waals surface area contributed by atoms with Crippen molar-refractivity contribution in [3.63, 3.8) is 0 Å². The quantitative estimate of drug-likeness (QED) is 0.819. The number of fused-ring (bicyclic) bond motifs is 1. The molecule has 0 bridgehead atoms. The van der Waals surface area contributed by atoms with E-state index in [9.17, 15) is 5.11 Å². The summed E-state index contributed by atoms with van der Waals surface area (Å²) in [6.45, 7) is 3.35. The second-order valence-corrected chi connectivity index (χ2v) is 5.88. The summed E-state index contributed by atoms with van der Waals surface area (Å²) in [4.78, 5) is 1.34. The summed E-state index contributed by atoms with van der Waals surface area (Å²) in [5.41, 5.74) is 0. The summed E-state index contributed by atoms with van der Waals surface area (Å²) in [5, 5.41) is 14.3. The third-order valence-corrected chi connectivity index (χ3v) is 4.46. The Morgan fingerprint density at radius 3 is 2.89 bits per heavy atom. The molecule has 0 aliphatic rings. The van der Waals surface area contributed by atoms with Crippen LogP contribution in [0.3, 0.4) is 0 Å². The van der Waals surface area contributed by atoms with Crippen molar-refractivity contribution in [2.45, 2.75) is 25.5 Å². The number of thiophene rings is 1. The second-order valence-electron chi connectivity index (χ2n) is 4.76. The number of aliphatic hydroxyl groups is 1. The summed E-state index contributed by atoms with van der Waals surface area (Å²) in [7, 11) is 1.61. The molecule has 0 aliphatic heterocycles. The van der Waals surface area contributed by atoms with Gasteiger partial charge in [0.05, 0.1) is 12.7 Å². The van der Waals surface area contributed by atoms with Crippen LogP contribution in [0.1, 0.15) is 24.3 Å². The smallest absolute Gasteiger partial charge is 0.0785 e. The van der Waals surface area contributed by atoms with Gasteiger partial charge in [0, 0.05) is 22.7 Å². The molecule has 2 atom stereocenters. The van der Waals surface area contributed by atoms with Crippen LogP contribution < -0.4 is 5.32 Å². The number of hydrogen-bond donors (Lipinski definition) is 2. The van der Waals surface area contributed by atoms with Gasteiger partial charge in [-0.1, -0.05) is 18.2 Å². The van der Waals surface area contributed by atoms with E-state index in [0.717, 1.165) is 6.54 Å². The van der Waals surface area contributed by atoms with Crippen LogP contribution in [0.2, 0.25) is 0 Å². The molecule has 0 saturated carbocycles. The Labute approximate surface area is 118 Å².